The first-order chi connectivity index (χ1) is 10.7. The summed E-state index contributed by atoms with van der Waals surface area (Å²) >= 11 is 1.92. The second-order valence-electron chi connectivity index (χ2n) is 7.06. The lowest BCUT2D eigenvalue weighted by Crippen LogP contribution is -2.26. The first-order valence-corrected chi connectivity index (χ1v) is 9.95. The van der Waals surface area contributed by atoms with Gasteiger partial charge in [-0.3, -0.25) is 0 Å². The molecule has 2 N–H and O–H groups in total. The van der Waals surface area contributed by atoms with Crippen LogP contribution in [0.3, 0.4) is 0 Å². The Labute approximate surface area is 138 Å². The lowest BCUT2D eigenvalue weighted by Gasteiger charge is -2.27. The van der Waals surface area contributed by atoms with Crippen LogP contribution in [0.2, 0.25) is 0 Å². The van der Waals surface area contributed by atoms with Crippen LogP contribution < -0.4 is 5.32 Å². The minimum Gasteiger partial charge on any atom is -0.393 e. The van der Waals surface area contributed by atoms with E-state index >= 15 is 0 Å². The fourth-order valence-electron chi connectivity index (χ4n) is 3.85. The Morgan fingerprint density at radius 1 is 1.23 bits per heavy atom. The van der Waals surface area contributed by atoms with E-state index in [0.717, 1.165) is 25.8 Å². The second-order valence-corrected chi connectivity index (χ2v) is 8.17. The summed E-state index contributed by atoms with van der Waals surface area (Å²) < 4.78 is 0. The number of fused-ring (bicyclic) bond motifs is 1. The highest BCUT2D eigenvalue weighted by atomic mass is 32.1. The van der Waals surface area contributed by atoms with Gasteiger partial charge in [-0.1, -0.05) is 12.8 Å². The summed E-state index contributed by atoms with van der Waals surface area (Å²) in [4.78, 5) is 6.38. The molecule has 0 spiro atoms. The summed E-state index contributed by atoms with van der Waals surface area (Å²) in [5.41, 5.74) is 1.37. The maximum absolute atomic E-state index is 10.0. The normalized spacial score (nSPS) is 26.6. The van der Waals surface area contributed by atoms with Crippen LogP contribution in [0.25, 0.3) is 0 Å². The zero-order valence-electron chi connectivity index (χ0n) is 13.8. The van der Waals surface area contributed by atoms with Crippen molar-refractivity contribution in [2.45, 2.75) is 83.3 Å². The molecule has 0 aromatic carbocycles. The Hall–Kier alpha value is -0.450. The van der Waals surface area contributed by atoms with Crippen molar-refractivity contribution in [2.75, 3.05) is 6.54 Å². The van der Waals surface area contributed by atoms with Crippen molar-refractivity contribution in [3.8, 4) is 0 Å². The zero-order valence-corrected chi connectivity index (χ0v) is 14.6. The molecule has 2 aliphatic rings. The number of aromatic nitrogens is 1. The molecule has 0 radical (unpaired) electrons. The average Bonchev–Trinajstić information content (AvgIpc) is 2.97. The number of nitrogens with zero attached hydrogens (tertiary/aromatic N) is 1. The lowest BCUT2D eigenvalue weighted by atomic mass is 9.83. The van der Waals surface area contributed by atoms with Crippen LogP contribution in [0.5, 0.6) is 0 Å². The third kappa shape index (κ3) is 4.09. The highest BCUT2D eigenvalue weighted by molar-refractivity contribution is 7.11. The lowest BCUT2D eigenvalue weighted by molar-refractivity contribution is 0.0642. The Morgan fingerprint density at radius 3 is 2.86 bits per heavy atom. The molecule has 1 heterocycles. The molecule has 2 aliphatic carbocycles. The molecule has 0 aliphatic heterocycles. The molecule has 3 nitrogen and oxygen atoms in total. The van der Waals surface area contributed by atoms with Crippen molar-refractivity contribution < 1.29 is 5.11 Å². The van der Waals surface area contributed by atoms with Gasteiger partial charge in [-0.25, -0.2) is 4.98 Å². The molecule has 1 aromatic rings. The third-order valence-corrected chi connectivity index (χ3v) is 6.64. The van der Waals surface area contributed by atoms with E-state index in [-0.39, 0.29) is 6.10 Å². The molecule has 124 valence electrons. The number of aryl methyl sites for hydroxylation is 2. The molecule has 1 saturated carbocycles. The first-order valence-electron chi connectivity index (χ1n) is 9.14. The smallest absolute Gasteiger partial charge is 0.110 e. The minimum absolute atomic E-state index is 0.0446. The number of thiazole rings is 1. The number of nitrogens with one attached hydrogen (secondary N) is 1. The van der Waals surface area contributed by atoms with Crippen LogP contribution >= 0.6 is 11.3 Å². The summed E-state index contributed by atoms with van der Waals surface area (Å²) in [6.07, 6.45) is 12.1. The van der Waals surface area contributed by atoms with E-state index in [9.17, 15) is 5.11 Å². The van der Waals surface area contributed by atoms with Crippen molar-refractivity contribution in [2.24, 2.45) is 5.92 Å². The van der Waals surface area contributed by atoms with Gasteiger partial charge in [-0.2, -0.15) is 0 Å². The van der Waals surface area contributed by atoms with Crippen LogP contribution in [0.4, 0.5) is 0 Å². The Morgan fingerprint density at radius 2 is 2.05 bits per heavy atom. The second kappa shape index (κ2) is 7.89. The summed E-state index contributed by atoms with van der Waals surface area (Å²) in [5.74, 6) is 0.540. The SMILES string of the molecule is CC(NCCCC1CCCCC1O)c1nc2c(s1)CCCC2. The molecule has 1 fully saturated rings. The van der Waals surface area contributed by atoms with E-state index in [1.165, 1.54) is 60.5 Å². The van der Waals surface area contributed by atoms with E-state index < -0.39 is 0 Å². The fraction of sp³-hybridized carbons (Fsp3) is 0.833. The Bertz CT molecular complexity index is 450. The predicted molar refractivity (Wildman–Crippen MR) is 92.4 cm³/mol. The zero-order chi connectivity index (χ0) is 15.4. The maximum atomic E-state index is 10.0. The van der Waals surface area contributed by atoms with Crippen LogP contribution in [0, 0.1) is 5.92 Å². The molecular formula is C18H30N2OS. The van der Waals surface area contributed by atoms with Crippen molar-refractivity contribution in [1.29, 1.82) is 0 Å². The van der Waals surface area contributed by atoms with Gasteiger partial charge in [0.25, 0.3) is 0 Å². The minimum atomic E-state index is -0.0446. The van der Waals surface area contributed by atoms with Gasteiger partial charge in [0.2, 0.25) is 0 Å². The average molecular weight is 323 g/mol. The summed E-state index contributed by atoms with van der Waals surface area (Å²) in [5, 5.41) is 14.9. The molecule has 3 rings (SSSR count). The van der Waals surface area contributed by atoms with Crippen LogP contribution in [0.1, 0.15) is 79.9 Å². The molecule has 22 heavy (non-hydrogen) atoms. The standard InChI is InChI=1S/C18H30N2OS/c1-13(18-20-15-9-3-5-11-17(15)22-18)19-12-6-8-14-7-2-4-10-16(14)21/h13-14,16,19,21H,2-12H2,1H3. The van der Waals surface area contributed by atoms with Gasteiger partial charge in [0.1, 0.15) is 5.01 Å². The Kier molecular flexibility index (Phi) is 5.89. The van der Waals surface area contributed by atoms with Gasteiger partial charge in [0.05, 0.1) is 17.8 Å². The Balaban J connectivity index is 1.40. The summed E-state index contributed by atoms with van der Waals surface area (Å²) in [6.45, 7) is 3.27. The number of aliphatic hydroxyl groups is 1. The molecule has 0 saturated heterocycles. The maximum Gasteiger partial charge on any atom is 0.110 e. The quantitative estimate of drug-likeness (QED) is 0.778. The molecule has 3 unspecified atom stereocenters. The van der Waals surface area contributed by atoms with E-state index in [2.05, 4.69) is 12.2 Å². The van der Waals surface area contributed by atoms with E-state index in [1.54, 1.807) is 0 Å². The third-order valence-electron chi connectivity index (χ3n) is 5.30. The number of hydrogen-bond donors (Lipinski definition) is 2. The monoisotopic (exact) mass is 322 g/mol. The highest BCUT2D eigenvalue weighted by Gasteiger charge is 2.22. The number of aliphatic hydroxyl groups excluding tert-OH is 1. The topological polar surface area (TPSA) is 45.1 Å². The summed E-state index contributed by atoms with van der Waals surface area (Å²) in [7, 11) is 0. The fourth-order valence-corrected chi connectivity index (χ4v) is 5.03. The molecule has 4 heteroatoms. The molecule has 0 amide bonds. The summed E-state index contributed by atoms with van der Waals surface area (Å²) in [6, 6.07) is 0.367. The van der Waals surface area contributed by atoms with Crippen molar-refractivity contribution in [3.63, 3.8) is 0 Å². The van der Waals surface area contributed by atoms with Gasteiger partial charge < -0.3 is 10.4 Å². The van der Waals surface area contributed by atoms with Gasteiger partial charge in [-0.15, -0.1) is 11.3 Å². The molecule has 1 aromatic heterocycles. The van der Waals surface area contributed by atoms with Gasteiger partial charge >= 0.3 is 0 Å². The number of rotatable bonds is 6. The largest absolute Gasteiger partial charge is 0.393 e. The van der Waals surface area contributed by atoms with Gasteiger partial charge in [0.15, 0.2) is 0 Å². The van der Waals surface area contributed by atoms with Gasteiger partial charge in [0, 0.05) is 4.88 Å². The van der Waals surface area contributed by atoms with Crippen molar-refractivity contribution in [3.05, 3.63) is 15.6 Å². The molecule has 3 atom stereocenters. The van der Waals surface area contributed by atoms with E-state index in [0.29, 0.717) is 12.0 Å². The molecule has 0 bridgehead atoms. The number of hydrogen-bond acceptors (Lipinski definition) is 4. The predicted octanol–water partition coefficient (Wildman–Crippen LogP) is 4.00. The first kappa shape index (κ1) is 16.4. The van der Waals surface area contributed by atoms with Gasteiger partial charge in [-0.05, 0) is 70.8 Å². The van der Waals surface area contributed by atoms with Crippen molar-refractivity contribution >= 4 is 11.3 Å². The van der Waals surface area contributed by atoms with E-state index in [4.69, 9.17) is 4.98 Å². The highest BCUT2D eigenvalue weighted by Crippen LogP contribution is 2.30. The van der Waals surface area contributed by atoms with Crippen molar-refractivity contribution in [1.82, 2.24) is 10.3 Å². The van der Waals surface area contributed by atoms with Crippen LogP contribution in [-0.2, 0) is 12.8 Å². The van der Waals surface area contributed by atoms with Crippen LogP contribution in [0.15, 0.2) is 0 Å². The van der Waals surface area contributed by atoms with E-state index in [1.807, 2.05) is 11.3 Å². The molecular weight excluding hydrogens is 292 g/mol. The van der Waals surface area contributed by atoms with Crippen LogP contribution in [-0.4, -0.2) is 22.7 Å².